The SMILES string of the molecule is CCC(C)(C)CC(O)c1ccc2ccccc2c1. The van der Waals surface area contributed by atoms with E-state index in [1.54, 1.807) is 0 Å². The van der Waals surface area contributed by atoms with Gasteiger partial charge in [0.1, 0.15) is 0 Å². The molecule has 0 saturated carbocycles. The van der Waals surface area contributed by atoms with E-state index in [-0.39, 0.29) is 11.5 Å². The highest BCUT2D eigenvalue weighted by Gasteiger charge is 2.21. The maximum atomic E-state index is 10.3. The van der Waals surface area contributed by atoms with Crippen molar-refractivity contribution in [3.05, 3.63) is 48.0 Å². The van der Waals surface area contributed by atoms with Gasteiger partial charge in [0.25, 0.3) is 0 Å². The van der Waals surface area contributed by atoms with Crippen LogP contribution in [0.2, 0.25) is 0 Å². The van der Waals surface area contributed by atoms with Crippen molar-refractivity contribution in [3.8, 4) is 0 Å². The smallest absolute Gasteiger partial charge is 0.0795 e. The largest absolute Gasteiger partial charge is 0.388 e. The first-order valence-electron chi connectivity index (χ1n) is 6.68. The van der Waals surface area contributed by atoms with Crippen molar-refractivity contribution in [1.29, 1.82) is 0 Å². The summed E-state index contributed by atoms with van der Waals surface area (Å²) in [7, 11) is 0. The van der Waals surface area contributed by atoms with Gasteiger partial charge >= 0.3 is 0 Å². The molecule has 18 heavy (non-hydrogen) atoms. The molecule has 2 aromatic rings. The molecule has 0 aromatic heterocycles. The summed E-state index contributed by atoms with van der Waals surface area (Å²) in [4.78, 5) is 0. The van der Waals surface area contributed by atoms with E-state index in [1.165, 1.54) is 10.8 Å². The van der Waals surface area contributed by atoms with Gasteiger partial charge in [0, 0.05) is 0 Å². The standard InChI is InChI=1S/C17H22O/c1-4-17(2,3)12-16(18)15-10-9-13-7-5-6-8-14(13)11-15/h5-11,16,18H,4,12H2,1-3H3. The van der Waals surface area contributed by atoms with Crippen LogP contribution in [-0.2, 0) is 0 Å². The molecule has 0 heterocycles. The Hall–Kier alpha value is -1.34. The summed E-state index contributed by atoms with van der Waals surface area (Å²) in [6.07, 6.45) is 1.52. The molecule has 0 saturated heterocycles. The third-order valence-corrected chi connectivity index (χ3v) is 3.86. The van der Waals surface area contributed by atoms with Crippen LogP contribution in [0.3, 0.4) is 0 Å². The van der Waals surface area contributed by atoms with Gasteiger partial charge in [0.05, 0.1) is 6.10 Å². The molecule has 0 aliphatic heterocycles. The summed E-state index contributed by atoms with van der Waals surface area (Å²) >= 11 is 0. The lowest BCUT2D eigenvalue weighted by Gasteiger charge is -2.26. The maximum absolute atomic E-state index is 10.3. The first kappa shape index (κ1) is 13.1. The Morgan fingerprint density at radius 2 is 1.72 bits per heavy atom. The summed E-state index contributed by atoms with van der Waals surface area (Å²) in [5, 5.41) is 12.8. The molecular weight excluding hydrogens is 220 g/mol. The van der Waals surface area contributed by atoms with Crippen LogP contribution in [0.25, 0.3) is 10.8 Å². The molecule has 0 aliphatic rings. The van der Waals surface area contributed by atoms with Gasteiger partial charge in [-0.2, -0.15) is 0 Å². The minimum atomic E-state index is -0.371. The van der Waals surface area contributed by atoms with Crippen molar-refractivity contribution >= 4 is 10.8 Å². The van der Waals surface area contributed by atoms with Gasteiger partial charge in [-0.1, -0.05) is 63.6 Å². The molecule has 1 unspecified atom stereocenters. The number of benzene rings is 2. The number of aliphatic hydroxyl groups excluding tert-OH is 1. The minimum absolute atomic E-state index is 0.186. The average Bonchev–Trinajstić information content (AvgIpc) is 2.37. The fourth-order valence-electron chi connectivity index (χ4n) is 2.20. The molecule has 1 atom stereocenters. The third kappa shape index (κ3) is 2.91. The molecule has 0 bridgehead atoms. The molecule has 96 valence electrons. The van der Waals surface area contributed by atoms with E-state index in [0.29, 0.717) is 0 Å². The summed E-state index contributed by atoms with van der Waals surface area (Å²) in [5.74, 6) is 0. The topological polar surface area (TPSA) is 20.2 Å². The first-order valence-corrected chi connectivity index (χ1v) is 6.68. The van der Waals surface area contributed by atoms with Gasteiger partial charge in [-0.05, 0) is 34.2 Å². The van der Waals surface area contributed by atoms with Crippen LogP contribution in [0, 0.1) is 5.41 Å². The fraction of sp³-hybridized carbons (Fsp3) is 0.412. The second-order valence-electron chi connectivity index (χ2n) is 5.84. The second-order valence-corrected chi connectivity index (χ2v) is 5.84. The van der Waals surface area contributed by atoms with Gasteiger partial charge < -0.3 is 5.11 Å². The number of fused-ring (bicyclic) bond motifs is 1. The fourth-order valence-corrected chi connectivity index (χ4v) is 2.20. The summed E-state index contributed by atoms with van der Waals surface area (Å²) in [6, 6.07) is 14.5. The second kappa shape index (κ2) is 5.11. The van der Waals surface area contributed by atoms with Gasteiger partial charge in [-0.15, -0.1) is 0 Å². The van der Waals surface area contributed by atoms with Crippen molar-refractivity contribution in [1.82, 2.24) is 0 Å². The summed E-state index contributed by atoms with van der Waals surface area (Å²) in [6.45, 7) is 6.58. The van der Waals surface area contributed by atoms with Crippen molar-refractivity contribution in [3.63, 3.8) is 0 Å². The van der Waals surface area contributed by atoms with Gasteiger partial charge in [0.15, 0.2) is 0 Å². The molecule has 2 aromatic carbocycles. The Kier molecular flexibility index (Phi) is 3.72. The van der Waals surface area contributed by atoms with E-state index in [9.17, 15) is 5.11 Å². The maximum Gasteiger partial charge on any atom is 0.0795 e. The Bertz CT molecular complexity index is 528. The minimum Gasteiger partial charge on any atom is -0.388 e. The molecule has 0 amide bonds. The molecule has 0 spiro atoms. The monoisotopic (exact) mass is 242 g/mol. The lowest BCUT2D eigenvalue weighted by Crippen LogP contribution is -2.14. The Balaban J connectivity index is 2.25. The quantitative estimate of drug-likeness (QED) is 0.824. The van der Waals surface area contributed by atoms with Crippen LogP contribution in [0.4, 0.5) is 0 Å². The number of aliphatic hydroxyl groups is 1. The van der Waals surface area contributed by atoms with Gasteiger partial charge in [0.2, 0.25) is 0 Å². The number of hydrogen-bond donors (Lipinski definition) is 1. The summed E-state index contributed by atoms with van der Waals surface area (Å²) < 4.78 is 0. The zero-order valence-electron chi connectivity index (χ0n) is 11.5. The predicted molar refractivity (Wildman–Crippen MR) is 77.6 cm³/mol. The lowest BCUT2D eigenvalue weighted by molar-refractivity contribution is 0.112. The Morgan fingerprint density at radius 3 is 2.39 bits per heavy atom. The zero-order chi connectivity index (χ0) is 13.2. The number of rotatable bonds is 4. The van der Waals surface area contributed by atoms with E-state index in [0.717, 1.165) is 18.4 Å². The van der Waals surface area contributed by atoms with Crippen LogP contribution in [0.15, 0.2) is 42.5 Å². The van der Waals surface area contributed by atoms with Crippen molar-refractivity contribution < 1.29 is 5.11 Å². The number of hydrogen-bond acceptors (Lipinski definition) is 1. The van der Waals surface area contributed by atoms with Crippen LogP contribution >= 0.6 is 0 Å². The van der Waals surface area contributed by atoms with Crippen LogP contribution in [0.1, 0.15) is 45.3 Å². The van der Waals surface area contributed by atoms with Crippen LogP contribution < -0.4 is 0 Å². The molecule has 0 radical (unpaired) electrons. The average molecular weight is 242 g/mol. The normalized spacial score (nSPS) is 13.8. The van der Waals surface area contributed by atoms with Crippen LogP contribution in [0.5, 0.6) is 0 Å². The molecule has 2 rings (SSSR count). The van der Waals surface area contributed by atoms with Crippen molar-refractivity contribution in [2.45, 2.75) is 39.7 Å². The van der Waals surface area contributed by atoms with E-state index in [2.05, 4.69) is 45.0 Å². The highest BCUT2D eigenvalue weighted by Crippen LogP contribution is 2.33. The molecule has 1 heteroatoms. The zero-order valence-corrected chi connectivity index (χ0v) is 11.5. The van der Waals surface area contributed by atoms with E-state index < -0.39 is 0 Å². The van der Waals surface area contributed by atoms with E-state index in [4.69, 9.17) is 0 Å². The first-order chi connectivity index (χ1) is 8.52. The Labute approximate surface area is 109 Å². The van der Waals surface area contributed by atoms with Crippen LogP contribution in [-0.4, -0.2) is 5.11 Å². The molecule has 0 aliphatic carbocycles. The lowest BCUT2D eigenvalue weighted by atomic mass is 9.82. The van der Waals surface area contributed by atoms with Gasteiger partial charge in [-0.3, -0.25) is 0 Å². The molecule has 1 nitrogen and oxygen atoms in total. The van der Waals surface area contributed by atoms with Crippen molar-refractivity contribution in [2.75, 3.05) is 0 Å². The highest BCUT2D eigenvalue weighted by molar-refractivity contribution is 5.83. The van der Waals surface area contributed by atoms with E-state index >= 15 is 0 Å². The predicted octanol–water partition coefficient (Wildman–Crippen LogP) is 4.70. The third-order valence-electron chi connectivity index (χ3n) is 3.86. The highest BCUT2D eigenvalue weighted by atomic mass is 16.3. The van der Waals surface area contributed by atoms with E-state index in [1.807, 2.05) is 18.2 Å². The van der Waals surface area contributed by atoms with Gasteiger partial charge in [-0.25, -0.2) is 0 Å². The Morgan fingerprint density at radius 1 is 1.06 bits per heavy atom. The van der Waals surface area contributed by atoms with Crippen molar-refractivity contribution in [2.24, 2.45) is 5.41 Å². The molecule has 1 N–H and O–H groups in total. The molecular formula is C17H22O. The molecule has 0 fully saturated rings. The summed E-state index contributed by atoms with van der Waals surface area (Å²) in [5.41, 5.74) is 1.21.